The van der Waals surface area contributed by atoms with Crippen LogP contribution in [0.5, 0.6) is 0 Å². The predicted octanol–water partition coefficient (Wildman–Crippen LogP) is 2.43. The Hall–Kier alpha value is -2.65. The van der Waals surface area contributed by atoms with E-state index in [9.17, 15) is 4.79 Å². The first-order chi connectivity index (χ1) is 10.7. The Morgan fingerprint density at radius 3 is 2.77 bits per heavy atom. The molecular weight excluding hydrogens is 296 g/mol. The lowest BCUT2D eigenvalue weighted by Crippen LogP contribution is -2.24. The van der Waals surface area contributed by atoms with Crippen molar-refractivity contribution in [3.05, 3.63) is 64.1 Å². The molecule has 2 aromatic heterocycles. The van der Waals surface area contributed by atoms with Gasteiger partial charge in [0.15, 0.2) is 5.16 Å². The van der Waals surface area contributed by atoms with Crippen molar-refractivity contribution < 1.29 is 0 Å². The summed E-state index contributed by atoms with van der Waals surface area (Å²) in [4.78, 5) is 21.1. The van der Waals surface area contributed by atoms with Gasteiger partial charge in [-0.3, -0.25) is 9.36 Å². The van der Waals surface area contributed by atoms with E-state index in [1.807, 2.05) is 42.7 Å². The van der Waals surface area contributed by atoms with Crippen LogP contribution in [0.1, 0.15) is 11.1 Å². The number of nitriles is 1. The van der Waals surface area contributed by atoms with E-state index in [2.05, 4.69) is 9.97 Å². The molecule has 108 valence electrons. The molecule has 0 spiro atoms. The first-order valence-electron chi connectivity index (χ1n) is 6.61. The van der Waals surface area contributed by atoms with Crippen LogP contribution in [-0.2, 0) is 6.54 Å². The average Bonchev–Trinajstić information content (AvgIpc) is 2.57. The fraction of sp³-hybridized carbons (Fsp3) is 0.125. The first-order valence-corrected chi connectivity index (χ1v) is 7.84. The topological polar surface area (TPSA) is 71.6 Å². The standard InChI is InChI=1S/C16H12N4OS/c1-22-16-18-9-13-7-12(8-17)15(21)20(14(13)19-16)10-11-5-3-2-4-6-11/h2-7,9H,10H2,1H3. The number of aromatic nitrogens is 3. The van der Waals surface area contributed by atoms with Crippen molar-refractivity contribution in [3.63, 3.8) is 0 Å². The molecule has 0 bridgehead atoms. The molecule has 0 radical (unpaired) electrons. The number of hydrogen-bond acceptors (Lipinski definition) is 5. The molecule has 0 aliphatic carbocycles. The number of thioether (sulfide) groups is 1. The molecule has 0 aliphatic heterocycles. The van der Waals surface area contributed by atoms with Crippen molar-refractivity contribution in [2.75, 3.05) is 6.26 Å². The molecule has 0 fully saturated rings. The summed E-state index contributed by atoms with van der Waals surface area (Å²) >= 11 is 1.41. The van der Waals surface area contributed by atoms with Gasteiger partial charge in [-0.1, -0.05) is 42.1 Å². The van der Waals surface area contributed by atoms with Crippen molar-refractivity contribution in [3.8, 4) is 6.07 Å². The van der Waals surface area contributed by atoms with E-state index in [4.69, 9.17) is 5.26 Å². The van der Waals surface area contributed by atoms with Gasteiger partial charge in [0.1, 0.15) is 17.3 Å². The Bertz CT molecular complexity index is 929. The Labute approximate surface area is 131 Å². The maximum absolute atomic E-state index is 12.5. The van der Waals surface area contributed by atoms with Crippen LogP contribution < -0.4 is 5.56 Å². The van der Waals surface area contributed by atoms with Gasteiger partial charge in [0.05, 0.1) is 6.54 Å². The quantitative estimate of drug-likeness (QED) is 0.549. The SMILES string of the molecule is CSc1ncc2cc(C#N)c(=O)n(Cc3ccccc3)c2n1. The molecule has 0 amide bonds. The fourth-order valence-electron chi connectivity index (χ4n) is 2.23. The number of nitrogens with zero attached hydrogens (tertiary/aromatic N) is 4. The molecule has 22 heavy (non-hydrogen) atoms. The predicted molar refractivity (Wildman–Crippen MR) is 85.8 cm³/mol. The zero-order chi connectivity index (χ0) is 15.5. The Balaban J connectivity index is 2.27. The number of benzene rings is 1. The number of rotatable bonds is 3. The third-order valence-electron chi connectivity index (χ3n) is 3.29. The second-order valence-electron chi connectivity index (χ2n) is 4.68. The second-order valence-corrected chi connectivity index (χ2v) is 5.46. The minimum Gasteiger partial charge on any atom is -0.287 e. The highest BCUT2D eigenvalue weighted by molar-refractivity contribution is 7.98. The molecule has 0 saturated heterocycles. The molecule has 5 nitrogen and oxygen atoms in total. The van der Waals surface area contributed by atoms with Gasteiger partial charge in [-0.25, -0.2) is 9.97 Å². The average molecular weight is 308 g/mol. The summed E-state index contributed by atoms with van der Waals surface area (Å²) in [6, 6.07) is 13.1. The van der Waals surface area contributed by atoms with E-state index in [0.717, 1.165) is 5.56 Å². The molecule has 0 N–H and O–H groups in total. The summed E-state index contributed by atoms with van der Waals surface area (Å²) in [5, 5.41) is 10.4. The van der Waals surface area contributed by atoms with Crippen LogP contribution in [-0.4, -0.2) is 20.8 Å². The lowest BCUT2D eigenvalue weighted by atomic mass is 10.2. The van der Waals surface area contributed by atoms with Gasteiger partial charge >= 0.3 is 0 Å². The Kier molecular flexibility index (Phi) is 3.90. The van der Waals surface area contributed by atoms with E-state index in [1.165, 1.54) is 16.3 Å². The van der Waals surface area contributed by atoms with Crippen LogP contribution in [0.2, 0.25) is 0 Å². The maximum Gasteiger partial charge on any atom is 0.270 e. The first kappa shape index (κ1) is 14.3. The summed E-state index contributed by atoms with van der Waals surface area (Å²) in [6.07, 6.45) is 3.53. The summed E-state index contributed by atoms with van der Waals surface area (Å²) in [5.74, 6) is 0. The molecule has 0 saturated carbocycles. The van der Waals surface area contributed by atoms with Gasteiger partial charge < -0.3 is 0 Å². The minimum absolute atomic E-state index is 0.101. The highest BCUT2D eigenvalue weighted by Crippen LogP contribution is 2.16. The summed E-state index contributed by atoms with van der Waals surface area (Å²) < 4.78 is 1.53. The van der Waals surface area contributed by atoms with Crippen LogP contribution >= 0.6 is 11.8 Å². The van der Waals surface area contributed by atoms with Gasteiger partial charge in [0.2, 0.25) is 0 Å². The lowest BCUT2D eigenvalue weighted by molar-refractivity contribution is 0.769. The summed E-state index contributed by atoms with van der Waals surface area (Å²) in [6.45, 7) is 0.372. The van der Waals surface area contributed by atoms with Gasteiger partial charge in [-0.15, -0.1) is 0 Å². The second kappa shape index (κ2) is 6.00. The third-order valence-corrected chi connectivity index (χ3v) is 3.85. The number of pyridine rings is 1. The fourth-order valence-corrected chi connectivity index (χ4v) is 2.57. The van der Waals surface area contributed by atoms with Crippen LogP contribution in [0.4, 0.5) is 0 Å². The molecule has 2 heterocycles. The number of fused-ring (bicyclic) bond motifs is 1. The van der Waals surface area contributed by atoms with E-state index in [-0.39, 0.29) is 11.1 Å². The largest absolute Gasteiger partial charge is 0.287 e. The maximum atomic E-state index is 12.5. The molecule has 0 unspecified atom stereocenters. The van der Waals surface area contributed by atoms with Gasteiger partial charge in [0, 0.05) is 11.6 Å². The van der Waals surface area contributed by atoms with Gasteiger partial charge in [-0.05, 0) is 17.9 Å². The summed E-state index contributed by atoms with van der Waals surface area (Å²) in [5.41, 5.74) is 1.30. The van der Waals surface area contributed by atoms with E-state index >= 15 is 0 Å². The highest BCUT2D eigenvalue weighted by Gasteiger charge is 2.12. The lowest BCUT2D eigenvalue weighted by Gasteiger charge is -2.10. The molecule has 6 heteroatoms. The van der Waals surface area contributed by atoms with Crippen LogP contribution in [0.3, 0.4) is 0 Å². The summed E-state index contributed by atoms with van der Waals surface area (Å²) in [7, 11) is 0. The molecular formula is C16H12N4OS. The van der Waals surface area contributed by atoms with Crippen molar-refractivity contribution in [1.29, 1.82) is 5.26 Å². The van der Waals surface area contributed by atoms with E-state index in [1.54, 1.807) is 12.3 Å². The molecule has 3 aromatic rings. The van der Waals surface area contributed by atoms with Crippen molar-refractivity contribution >= 4 is 22.8 Å². The van der Waals surface area contributed by atoms with Crippen LogP contribution in [0, 0.1) is 11.3 Å². The normalized spacial score (nSPS) is 10.5. The van der Waals surface area contributed by atoms with Gasteiger partial charge in [0.25, 0.3) is 5.56 Å². The molecule has 3 rings (SSSR count). The van der Waals surface area contributed by atoms with Crippen LogP contribution in [0.15, 0.2) is 52.5 Å². The molecule has 0 atom stereocenters. The van der Waals surface area contributed by atoms with Crippen molar-refractivity contribution in [1.82, 2.24) is 14.5 Å². The van der Waals surface area contributed by atoms with Crippen molar-refractivity contribution in [2.45, 2.75) is 11.7 Å². The molecule has 0 aliphatic rings. The molecule has 1 aromatic carbocycles. The van der Waals surface area contributed by atoms with Crippen molar-refractivity contribution in [2.24, 2.45) is 0 Å². The van der Waals surface area contributed by atoms with E-state index in [0.29, 0.717) is 22.7 Å². The minimum atomic E-state index is -0.329. The zero-order valence-corrected chi connectivity index (χ0v) is 12.7. The van der Waals surface area contributed by atoms with Gasteiger partial charge in [-0.2, -0.15) is 5.26 Å². The Morgan fingerprint density at radius 1 is 1.32 bits per heavy atom. The smallest absolute Gasteiger partial charge is 0.270 e. The zero-order valence-electron chi connectivity index (χ0n) is 11.9. The number of hydrogen-bond donors (Lipinski definition) is 0. The monoisotopic (exact) mass is 308 g/mol. The Morgan fingerprint density at radius 2 is 2.09 bits per heavy atom. The van der Waals surface area contributed by atoms with E-state index < -0.39 is 0 Å². The third kappa shape index (κ3) is 2.59. The van der Waals surface area contributed by atoms with Crippen LogP contribution in [0.25, 0.3) is 11.0 Å². The highest BCUT2D eigenvalue weighted by atomic mass is 32.2.